The average Bonchev–Trinajstić information content (AvgIpc) is 3.15. The van der Waals surface area contributed by atoms with Crippen LogP contribution in [0.25, 0.3) is 0 Å². The van der Waals surface area contributed by atoms with E-state index in [2.05, 4.69) is 20.2 Å². The van der Waals surface area contributed by atoms with Crippen LogP contribution in [0.15, 0.2) is 46.9 Å². The van der Waals surface area contributed by atoms with Crippen LogP contribution in [0.1, 0.15) is 0 Å². The zero-order valence-corrected chi connectivity index (χ0v) is 16.8. The van der Waals surface area contributed by atoms with E-state index in [9.17, 15) is 4.79 Å². The van der Waals surface area contributed by atoms with Crippen molar-refractivity contribution < 1.29 is 4.79 Å². The highest BCUT2D eigenvalue weighted by Gasteiger charge is 2.19. The van der Waals surface area contributed by atoms with Crippen molar-refractivity contribution in [3.63, 3.8) is 0 Å². The van der Waals surface area contributed by atoms with E-state index < -0.39 is 0 Å². The summed E-state index contributed by atoms with van der Waals surface area (Å²) < 4.78 is 0. The third-order valence-electron chi connectivity index (χ3n) is 3.74. The van der Waals surface area contributed by atoms with E-state index in [0.29, 0.717) is 5.96 Å². The number of amides is 1. The van der Waals surface area contributed by atoms with Crippen LogP contribution in [0.5, 0.6) is 0 Å². The van der Waals surface area contributed by atoms with E-state index in [1.54, 1.807) is 11.3 Å². The first-order chi connectivity index (χ1) is 11.7. The Kier molecular flexibility index (Phi) is 7.44. The second-order valence-electron chi connectivity index (χ2n) is 5.38. The first-order valence-corrected chi connectivity index (χ1v) is 8.64. The number of halogens is 1. The van der Waals surface area contributed by atoms with Crippen LogP contribution >= 0.6 is 35.3 Å². The van der Waals surface area contributed by atoms with Crippen LogP contribution in [0, 0.1) is 0 Å². The van der Waals surface area contributed by atoms with Gasteiger partial charge in [0.1, 0.15) is 6.54 Å². The second-order valence-corrected chi connectivity index (χ2v) is 6.25. The van der Waals surface area contributed by atoms with Crippen molar-refractivity contribution in [1.82, 2.24) is 9.88 Å². The number of benzene rings is 1. The molecule has 0 spiro atoms. The van der Waals surface area contributed by atoms with Crippen molar-refractivity contribution in [1.29, 1.82) is 0 Å². The molecule has 1 aliphatic rings. The summed E-state index contributed by atoms with van der Waals surface area (Å²) in [5, 5.41) is 5.80. The van der Waals surface area contributed by atoms with Gasteiger partial charge >= 0.3 is 0 Å². The smallest absolute Gasteiger partial charge is 0.246 e. The molecule has 9 heteroatoms. The molecule has 1 amide bonds. The van der Waals surface area contributed by atoms with Crippen LogP contribution < -0.4 is 16.0 Å². The van der Waals surface area contributed by atoms with Gasteiger partial charge in [-0.15, -0.1) is 35.3 Å². The molecular weight excluding hydrogens is 451 g/mol. The summed E-state index contributed by atoms with van der Waals surface area (Å²) in [7, 11) is 0. The summed E-state index contributed by atoms with van der Waals surface area (Å²) in [6.07, 6.45) is 1.81. The minimum absolute atomic E-state index is 0. The van der Waals surface area contributed by atoms with E-state index in [4.69, 9.17) is 5.73 Å². The van der Waals surface area contributed by atoms with E-state index in [-0.39, 0.29) is 36.4 Å². The van der Waals surface area contributed by atoms with Gasteiger partial charge < -0.3 is 20.9 Å². The van der Waals surface area contributed by atoms with Gasteiger partial charge in [0.05, 0.1) is 0 Å². The number of carbonyl (C=O) groups excluding carboxylic acids is 1. The highest BCUT2D eigenvalue weighted by Crippen LogP contribution is 2.18. The third-order valence-corrected chi connectivity index (χ3v) is 4.57. The summed E-state index contributed by atoms with van der Waals surface area (Å²) in [5.74, 6) is 0.238. The van der Waals surface area contributed by atoms with Gasteiger partial charge in [0.25, 0.3) is 0 Å². The molecule has 1 fully saturated rings. The van der Waals surface area contributed by atoms with Gasteiger partial charge in [-0.05, 0) is 12.1 Å². The maximum atomic E-state index is 11.9. The Morgan fingerprint density at radius 2 is 1.96 bits per heavy atom. The standard InChI is InChI=1S/C16H20N6OS.HI/c17-15(19-12-14(23)20-13-4-2-1-3-5-13)21-7-9-22(10-8-21)16-18-6-11-24-16;/h1-6,11H,7-10,12H2,(H2,17,19)(H,20,23);1H. The number of aromatic nitrogens is 1. The quantitative estimate of drug-likeness (QED) is 0.403. The normalized spacial score (nSPS) is 14.8. The van der Waals surface area contributed by atoms with Gasteiger partial charge in [0, 0.05) is 43.4 Å². The zero-order valence-electron chi connectivity index (χ0n) is 13.7. The Labute approximate surface area is 168 Å². The lowest BCUT2D eigenvalue weighted by Gasteiger charge is -2.35. The molecule has 2 heterocycles. The number of guanidine groups is 1. The number of thiazole rings is 1. The van der Waals surface area contributed by atoms with Gasteiger partial charge in [-0.2, -0.15) is 0 Å². The van der Waals surface area contributed by atoms with Crippen molar-refractivity contribution in [2.45, 2.75) is 0 Å². The van der Waals surface area contributed by atoms with E-state index in [0.717, 1.165) is 37.0 Å². The fraction of sp³-hybridized carbons (Fsp3) is 0.312. The molecule has 0 unspecified atom stereocenters. The van der Waals surface area contributed by atoms with Crippen LogP contribution in [-0.4, -0.2) is 54.5 Å². The Morgan fingerprint density at radius 3 is 2.60 bits per heavy atom. The molecular formula is C16H21IN6OS. The van der Waals surface area contributed by atoms with Gasteiger partial charge in [-0.1, -0.05) is 18.2 Å². The summed E-state index contributed by atoms with van der Waals surface area (Å²) in [6.45, 7) is 3.26. The number of hydrogen-bond acceptors (Lipinski definition) is 5. The lowest BCUT2D eigenvalue weighted by molar-refractivity contribution is -0.114. The van der Waals surface area contributed by atoms with Crippen molar-refractivity contribution in [3.05, 3.63) is 41.9 Å². The molecule has 1 aromatic heterocycles. The number of piperazine rings is 1. The highest BCUT2D eigenvalue weighted by molar-refractivity contribution is 14.0. The molecule has 3 N–H and O–H groups in total. The predicted molar refractivity (Wildman–Crippen MR) is 113 cm³/mol. The van der Waals surface area contributed by atoms with Crippen molar-refractivity contribution in [3.8, 4) is 0 Å². The third kappa shape index (κ3) is 5.56. The SMILES string of the molecule is I.NC(=NCC(=O)Nc1ccccc1)N1CCN(c2nccs2)CC1. The fourth-order valence-corrected chi connectivity index (χ4v) is 3.17. The maximum Gasteiger partial charge on any atom is 0.246 e. The zero-order chi connectivity index (χ0) is 16.8. The number of carbonyl (C=O) groups is 1. The van der Waals surface area contributed by atoms with Crippen molar-refractivity contribution >= 4 is 58.0 Å². The molecule has 1 saturated heterocycles. The Balaban J connectivity index is 0.00000225. The first kappa shape index (κ1) is 19.4. The molecule has 1 aromatic carbocycles. The number of rotatable bonds is 4. The lowest BCUT2D eigenvalue weighted by atomic mass is 10.3. The van der Waals surface area contributed by atoms with Crippen LogP contribution in [0.3, 0.4) is 0 Å². The fourth-order valence-electron chi connectivity index (χ4n) is 2.47. The first-order valence-electron chi connectivity index (χ1n) is 7.76. The average molecular weight is 472 g/mol. The topological polar surface area (TPSA) is 86.8 Å². The number of anilines is 2. The molecule has 3 rings (SSSR count). The summed E-state index contributed by atoms with van der Waals surface area (Å²) >= 11 is 1.64. The highest BCUT2D eigenvalue weighted by atomic mass is 127. The summed E-state index contributed by atoms with van der Waals surface area (Å²) in [6, 6.07) is 9.31. The Morgan fingerprint density at radius 1 is 1.24 bits per heavy atom. The number of para-hydroxylation sites is 1. The van der Waals surface area contributed by atoms with E-state index in [1.165, 1.54) is 0 Å². The molecule has 0 aliphatic carbocycles. The monoisotopic (exact) mass is 472 g/mol. The maximum absolute atomic E-state index is 11.9. The van der Waals surface area contributed by atoms with Crippen molar-refractivity contribution in [2.24, 2.45) is 10.7 Å². The number of hydrogen-bond donors (Lipinski definition) is 2. The number of nitrogens with two attached hydrogens (primary N) is 1. The molecule has 7 nitrogen and oxygen atoms in total. The largest absolute Gasteiger partial charge is 0.370 e. The molecule has 0 saturated carbocycles. The minimum atomic E-state index is -0.175. The summed E-state index contributed by atoms with van der Waals surface area (Å²) in [5.41, 5.74) is 6.78. The molecule has 0 atom stereocenters. The van der Waals surface area contributed by atoms with Gasteiger partial charge in [0.15, 0.2) is 11.1 Å². The minimum Gasteiger partial charge on any atom is -0.370 e. The Hall–Kier alpha value is -1.88. The molecule has 134 valence electrons. The lowest BCUT2D eigenvalue weighted by Crippen LogP contribution is -2.51. The van der Waals surface area contributed by atoms with Crippen molar-refractivity contribution in [2.75, 3.05) is 42.9 Å². The van der Waals surface area contributed by atoms with Crippen LogP contribution in [-0.2, 0) is 4.79 Å². The predicted octanol–water partition coefficient (Wildman–Crippen LogP) is 1.84. The molecule has 25 heavy (non-hydrogen) atoms. The second kappa shape index (κ2) is 9.56. The van der Waals surface area contributed by atoms with E-state index in [1.807, 2.05) is 46.8 Å². The number of nitrogens with one attached hydrogen (secondary N) is 1. The van der Waals surface area contributed by atoms with Crippen LogP contribution in [0.2, 0.25) is 0 Å². The van der Waals surface area contributed by atoms with Gasteiger partial charge in [-0.3, -0.25) is 4.79 Å². The van der Waals surface area contributed by atoms with Gasteiger partial charge in [0.2, 0.25) is 5.91 Å². The molecule has 1 aliphatic heterocycles. The summed E-state index contributed by atoms with van der Waals surface area (Å²) in [4.78, 5) is 24.7. The number of aliphatic imine (C=N–C) groups is 1. The molecule has 2 aromatic rings. The Bertz CT molecular complexity index is 686. The van der Waals surface area contributed by atoms with Gasteiger partial charge in [-0.25, -0.2) is 9.98 Å². The van der Waals surface area contributed by atoms with Crippen LogP contribution in [0.4, 0.5) is 10.8 Å². The number of nitrogens with zero attached hydrogens (tertiary/aromatic N) is 4. The van der Waals surface area contributed by atoms with E-state index >= 15 is 0 Å². The molecule has 0 radical (unpaired) electrons. The molecule has 0 bridgehead atoms.